The fraction of sp³-hybridized carbons (Fsp3) is 0.500. The third-order valence-electron chi connectivity index (χ3n) is 2.61. The molecule has 0 spiro atoms. The standard InChI is InChI=1S/C12H17BrO3/c1-12(2,15)9(7-14)8-4-5-11(16-3)10(13)6-8/h4-6,9,14-15H,7H2,1-3H3. The van der Waals surface area contributed by atoms with Crippen LogP contribution in [0.15, 0.2) is 22.7 Å². The third-order valence-corrected chi connectivity index (χ3v) is 3.23. The van der Waals surface area contributed by atoms with Gasteiger partial charge in [-0.15, -0.1) is 0 Å². The molecule has 90 valence electrons. The number of aliphatic hydroxyl groups excluding tert-OH is 1. The van der Waals surface area contributed by atoms with E-state index in [0.717, 1.165) is 15.8 Å². The van der Waals surface area contributed by atoms with Crippen LogP contribution in [-0.4, -0.2) is 29.5 Å². The second-order valence-electron chi connectivity index (χ2n) is 4.28. The lowest BCUT2D eigenvalue weighted by atomic mass is 9.85. The Morgan fingerprint density at radius 2 is 2.06 bits per heavy atom. The van der Waals surface area contributed by atoms with Crippen molar-refractivity contribution in [1.29, 1.82) is 0 Å². The van der Waals surface area contributed by atoms with Gasteiger partial charge >= 0.3 is 0 Å². The van der Waals surface area contributed by atoms with Crippen molar-refractivity contribution in [2.45, 2.75) is 25.4 Å². The van der Waals surface area contributed by atoms with Crippen LogP contribution in [0.2, 0.25) is 0 Å². The molecular weight excluding hydrogens is 272 g/mol. The van der Waals surface area contributed by atoms with E-state index in [-0.39, 0.29) is 12.5 Å². The van der Waals surface area contributed by atoms with Gasteiger partial charge in [0.05, 0.1) is 23.8 Å². The molecule has 1 rings (SSSR count). The summed E-state index contributed by atoms with van der Waals surface area (Å²) in [6.45, 7) is 3.28. The average molecular weight is 289 g/mol. The maximum absolute atomic E-state index is 9.94. The third kappa shape index (κ3) is 2.97. The molecule has 0 heterocycles. The number of ether oxygens (including phenoxy) is 1. The molecule has 0 radical (unpaired) electrons. The number of rotatable bonds is 4. The van der Waals surface area contributed by atoms with Crippen LogP contribution >= 0.6 is 15.9 Å². The molecule has 0 amide bonds. The smallest absolute Gasteiger partial charge is 0.133 e. The first-order valence-electron chi connectivity index (χ1n) is 5.06. The lowest BCUT2D eigenvalue weighted by molar-refractivity contribution is 0.0272. The van der Waals surface area contributed by atoms with Crippen LogP contribution < -0.4 is 4.74 Å². The van der Waals surface area contributed by atoms with Gasteiger partial charge in [-0.25, -0.2) is 0 Å². The van der Waals surface area contributed by atoms with Crippen LogP contribution in [0, 0.1) is 0 Å². The molecule has 0 saturated heterocycles. The molecule has 0 aliphatic rings. The first-order chi connectivity index (χ1) is 7.40. The molecular formula is C12H17BrO3. The van der Waals surface area contributed by atoms with Crippen molar-refractivity contribution in [3.8, 4) is 5.75 Å². The first kappa shape index (κ1) is 13.5. The fourth-order valence-corrected chi connectivity index (χ4v) is 2.19. The van der Waals surface area contributed by atoms with Crippen molar-refractivity contribution in [2.75, 3.05) is 13.7 Å². The molecule has 3 nitrogen and oxygen atoms in total. The van der Waals surface area contributed by atoms with Crippen molar-refractivity contribution >= 4 is 15.9 Å². The Labute approximate surface area is 104 Å². The predicted octanol–water partition coefficient (Wildman–Crippen LogP) is 2.30. The Balaban J connectivity index is 3.08. The first-order valence-corrected chi connectivity index (χ1v) is 5.86. The van der Waals surface area contributed by atoms with E-state index in [2.05, 4.69) is 15.9 Å². The van der Waals surface area contributed by atoms with Gasteiger partial charge in [-0.2, -0.15) is 0 Å². The van der Waals surface area contributed by atoms with Crippen LogP contribution in [0.4, 0.5) is 0 Å². The van der Waals surface area contributed by atoms with Gasteiger partial charge in [0.15, 0.2) is 0 Å². The molecule has 1 unspecified atom stereocenters. The van der Waals surface area contributed by atoms with Crippen LogP contribution in [-0.2, 0) is 0 Å². The summed E-state index contributed by atoms with van der Waals surface area (Å²) >= 11 is 3.38. The van der Waals surface area contributed by atoms with Gasteiger partial charge < -0.3 is 14.9 Å². The SMILES string of the molecule is COc1ccc(C(CO)C(C)(C)O)cc1Br. The molecule has 1 aromatic rings. The summed E-state index contributed by atoms with van der Waals surface area (Å²) in [5.41, 5.74) is -0.0781. The zero-order chi connectivity index (χ0) is 12.3. The summed E-state index contributed by atoms with van der Waals surface area (Å²) < 4.78 is 5.94. The van der Waals surface area contributed by atoms with Crippen molar-refractivity contribution in [2.24, 2.45) is 0 Å². The molecule has 0 bridgehead atoms. The van der Waals surface area contributed by atoms with Crippen molar-refractivity contribution in [1.82, 2.24) is 0 Å². The molecule has 1 aromatic carbocycles. The molecule has 2 N–H and O–H groups in total. The second-order valence-corrected chi connectivity index (χ2v) is 5.14. The van der Waals surface area contributed by atoms with Crippen LogP contribution in [0.5, 0.6) is 5.75 Å². The normalized spacial score (nSPS) is 13.6. The van der Waals surface area contributed by atoms with Crippen LogP contribution in [0.25, 0.3) is 0 Å². The van der Waals surface area contributed by atoms with Crippen LogP contribution in [0.1, 0.15) is 25.3 Å². The van der Waals surface area contributed by atoms with Gasteiger partial charge in [-0.1, -0.05) is 6.07 Å². The summed E-state index contributed by atoms with van der Waals surface area (Å²) in [6, 6.07) is 5.52. The number of benzene rings is 1. The number of halogens is 1. The number of hydrogen-bond donors (Lipinski definition) is 2. The lowest BCUT2D eigenvalue weighted by Crippen LogP contribution is -2.31. The highest BCUT2D eigenvalue weighted by molar-refractivity contribution is 9.10. The highest BCUT2D eigenvalue weighted by atomic mass is 79.9. The summed E-state index contributed by atoms with van der Waals surface area (Å²) in [7, 11) is 1.60. The van der Waals surface area contributed by atoms with Crippen molar-refractivity contribution < 1.29 is 14.9 Å². The molecule has 0 saturated carbocycles. The highest BCUT2D eigenvalue weighted by Gasteiger charge is 2.28. The average Bonchev–Trinajstić information content (AvgIpc) is 2.17. The number of hydrogen-bond acceptors (Lipinski definition) is 3. The van der Waals surface area contributed by atoms with Crippen molar-refractivity contribution in [3.63, 3.8) is 0 Å². The maximum Gasteiger partial charge on any atom is 0.133 e. The Morgan fingerprint density at radius 3 is 2.44 bits per heavy atom. The van der Waals surface area contributed by atoms with E-state index in [9.17, 15) is 10.2 Å². The van der Waals surface area contributed by atoms with E-state index in [0.29, 0.717) is 0 Å². The maximum atomic E-state index is 9.94. The molecule has 0 aromatic heterocycles. The minimum atomic E-state index is -0.956. The zero-order valence-electron chi connectivity index (χ0n) is 9.70. The van der Waals surface area contributed by atoms with E-state index in [1.54, 1.807) is 21.0 Å². The van der Waals surface area contributed by atoms with E-state index >= 15 is 0 Å². The Bertz CT molecular complexity index is 358. The monoisotopic (exact) mass is 288 g/mol. The summed E-state index contributed by atoms with van der Waals surface area (Å²) in [4.78, 5) is 0. The van der Waals surface area contributed by atoms with Crippen molar-refractivity contribution in [3.05, 3.63) is 28.2 Å². The lowest BCUT2D eigenvalue weighted by Gasteiger charge is -2.28. The zero-order valence-corrected chi connectivity index (χ0v) is 11.3. The number of methoxy groups -OCH3 is 1. The molecule has 1 atom stereocenters. The Kier molecular flexibility index (Phi) is 4.35. The highest BCUT2D eigenvalue weighted by Crippen LogP contribution is 2.33. The van der Waals surface area contributed by atoms with Gasteiger partial charge in [0.25, 0.3) is 0 Å². The molecule has 0 aliphatic heterocycles. The summed E-state index contributed by atoms with van der Waals surface area (Å²) in [6.07, 6.45) is 0. The molecule has 0 fully saturated rings. The fourth-order valence-electron chi connectivity index (χ4n) is 1.64. The largest absolute Gasteiger partial charge is 0.496 e. The van der Waals surface area contributed by atoms with Gasteiger partial charge in [0.1, 0.15) is 5.75 Å². The van der Waals surface area contributed by atoms with Gasteiger partial charge in [0, 0.05) is 5.92 Å². The minimum Gasteiger partial charge on any atom is -0.496 e. The predicted molar refractivity (Wildman–Crippen MR) is 66.8 cm³/mol. The van der Waals surface area contributed by atoms with E-state index in [1.165, 1.54) is 0 Å². The second kappa shape index (κ2) is 5.17. The molecule has 16 heavy (non-hydrogen) atoms. The summed E-state index contributed by atoms with van der Waals surface area (Å²) in [5, 5.41) is 19.3. The topological polar surface area (TPSA) is 49.7 Å². The van der Waals surface area contributed by atoms with E-state index < -0.39 is 5.60 Å². The molecule has 0 aliphatic carbocycles. The quantitative estimate of drug-likeness (QED) is 0.894. The number of aliphatic hydroxyl groups is 2. The Morgan fingerprint density at radius 1 is 1.44 bits per heavy atom. The summed E-state index contributed by atoms with van der Waals surface area (Å²) in [5.74, 6) is 0.422. The van der Waals surface area contributed by atoms with Crippen LogP contribution in [0.3, 0.4) is 0 Å². The van der Waals surface area contributed by atoms with E-state index in [1.807, 2.05) is 18.2 Å². The van der Waals surface area contributed by atoms with Gasteiger partial charge in [0.2, 0.25) is 0 Å². The minimum absolute atomic E-state index is 0.0950. The Hall–Kier alpha value is -0.580. The van der Waals surface area contributed by atoms with Gasteiger partial charge in [-0.05, 0) is 47.5 Å². The van der Waals surface area contributed by atoms with Gasteiger partial charge in [-0.3, -0.25) is 0 Å². The van der Waals surface area contributed by atoms with E-state index in [4.69, 9.17) is 4.74 Å². The molecule has 4 heteroatoms.